The fraction of sp³-hybridized carbons (Fsp3) is 0.308. The second-order valence-corrected chi connectivity index (χ2v) is 11.5. The maximum atomic E-state index is 13.9. The summed E-state index contributed by atoms with van der Waals surface area (Å²) < 4.78 is 81.9. The topological polar surface area (TPSA) is 60.9 Å². The molecule has 3 aromatic carbocycles. The van der Waals surface area contributed by atoms with E-state index in [4.69, 9.17) is 0 Å². The highest BCUT2D eigenvalue weighted by molar-refractivity contribution is 7.90. The molecule has 0 aliphatic carbocycles. The highest BCUT2D eigenvalue weighted by atomic mass is 32.2. The summed E-state index contributed by atoms with van der Waals surface area (Å²) in [7, 11) is -3.88. The number of sulfonamides is 1. The summed E-state index contributed by atoms with van der Waals surface area (Å²) in [4.78, 5) is 2.30. The second kappa shape index (κ2) is 10.3. The maximum Gasteiger partial charge on any atom is 0.421 e. The van der Waals surface area contributed by atoms with Crippen LogP contribution in [0.25, 0.3) is 0 Å². The fourth-order valence-corrected chi connectivity index (χ4v) is 6.51. The Bertz CT molecular complexity index is 1360. The molecular formula is C26H26F4N2O3S2. The van der Waals surface area contributed by atoms with Crippen LogP contribution >= 0.6 is 12.6 Å². The molecule has 4 rings (SSSR count). The molecule has 1 aliphatic rings. The molecule has 11 heteroatoms. The van der Waals surface area contributed by atoms with E-state index in [0.29, 0.717) is 29.5 Å². The van der Waals surface area contributed by atoms with E-state index >= 15 is 0 Å². The van der Waals surface area contributed by atoms with Crippen LogP contribution in [0.3, 0.4) is 0 Å². The number of anilines is 1. The molecule has 0 spiro atoms. The van der Waals surface area contributed by atoms with Gasteiger partial charge in [0.1, 0.15) is 5.82 Å². The Morgan fingerprint density at radius 3 is 2.30 bits per heavy atom. The van der Waals surface area contributed by atoms with Crippen LogP contribution in [0, 0.1) is 5.82 Å². The van der Waals surface area contributed by atoms with Crippen molar-refractivity contribution in [2.24, 2.45) is 0 Å². The molecule has 0 aromatic heterocycles. The van der Waals surface area contributed by atoms with Crippen LogP contribution in [-0.2, 0) is 22.0 Å². The van der Waals surface area contributed by atoms with E-state index in [1.54, 1.807) is 30.3 Å². The first-order chi connectivity index (χ1) is 17.3. The lowest BCUT2D eigenvalue weighted by molar-refractivity contribution is -0.258. The monoisotopic (exact) mass is 554 g/mol. The van der Waals surface area contributed by atoms with E-state index in [0.717, 1.165) is 0 Å². The maximum absolute atomic E-state index is 13.9. The van der Waals surface area contributed by atoms with Gasteiger partial charge in [-0.15, -0.1) is 12.6 Å². The fourth-order valence-electron chi connectivity index (χ4n) is 4.45. The van der Waals surface area contributed by atoms with Crippen LogP contribution < -0.4 is 4.90 Å². The van der Waals surface area contributed by atoms with Crippen molar-refractivity contribution in [1.29, 1.82) is 0 Å². The smallest absolute Gasteiger partial charge is 0.376 e. The first kappa shape index (κ1) is 27.4. The molecule has 0 amide bonds. The quantitative estimate of drug-likeness (QED) is 0.333. The van der Waals surface area contributed by atoms with Gasteiger partial charge in [0.25, 0.3) is 0 Å². The van der Waals surface area contributed by atoms with Crippen molar-refractivity contribution in [3.63, 3.8) is 0 Å². The van der Waals surface area contributed by atoms with Crippen molar-refractivity contribution in [1.82, 2.24) is 4.31 Å². The van der Waals surface area contributed by atoms with Gasteiger partial charge in [-0.2, -0.15) is 17.5 Å². The third-order valence-corrected chi connectivity index (χ3v) is 9.07. The van der Waals surface area contributed by atoms with Crippen molar-refractivity contribution >= 4 is 28.3 Å². The molecule has 5 nitrogen and oxygen atoms in total. The van der Waals surface area contributed by atoms with E-state index in [9.17, 15) is 31.1 Å². The van der Waals surface area contributed by atoms with Crippen LogP contribution in [0.15, 0.2) is 82.6 Å². The Kier molecular flexibility index (Phi) is 7.62. The lowest BCUT2D eigenvalue weighted by Gasteiger charge is -2.42. The van der Waals surface area contributed by atoms with Crippen LogP contribution in [-0.4, -0.2) is 49.7 Å². The summed E-state index contributed by atoms with van der Waals surface area (Å²) in [5, 5.41) is 10.00. The molecule has 1 saturated heterocycles. The van der Waals surface area contributed by atoms with E-state index < -0.39 is 33.7 Å². The largest absolute Gasteiger partial charge is 0.421 e. The van der Waals surface area contributed by atoms with Crippen molar-refractivity contribution < 1.29 is 31.1 Å². The predicted molar refractivity (Wildman–Crippen MR) is 136 cm³/mol. The van der Waals surface area contributed by atoms with Gasteiger partial charge in [0.05, 0.1) is 4.90 Å². The molecule has 0 radical (unpaired) electrons. The van der Waals surface area contributed by atoms with Crippen molar-refractivity contribution in [2.45, 2.75) is 41.0 Å². The van der Waals surface area contributed by atoms with Gasteiger partial charge in [0.15, 0.2) is 5.60 Å². The van der Waals surface area contributed by atoms with Gasteiger partial charge in [0.2, 0.25) is 10.0 Å². The standard InChI is InChI=1S/C26H26F4N2O3S2/c1-25(33,26(28,29)30)19-9-11-21(12-10-19)32-14-13-31(37(34,35)24-8-3-2-7-23(24)36)17-22(32)16-18-5-4-6-20(27)15-18/h2-12,15,22,33,36H,13-14,16-17H2,1H3. The number of alkyl halides is 3. The Hall–Kier alpha value is -2.60. The first-order valence-electron chi connectivity index (χ1n) is 11.5. The number of thiol groups is 1. The molecule has 0 bridgehead atoms. The summed E-state index contributed by atoms with van der Waals surface area (Å²) in [5.74, 6) is -0.424. The number of rotatable bonds is 6. The normalized spacial score (nSPS) is 19.0. The van der Waals surface area contributed by atoms with E-state index in [-0.39, 0.29) is 30.1 Å². The lowest BCUT2D eigenvalue weighted by Crippen LogP contribution is -2.55. The molecule has 1 N–H and O–H groups in total. The minimum absolute atomic E-state index is 0.0724. The molecule has 1 fully saturated rings. The number of aliphatic hydroxyl groups is 1. The second-order valence-electron chi connectivity index (χ2n) is 9.13. The zero-order valence-electron chi connectivity index (χ0n) is 19.9. The SMILES string of the molecule is CC(O)(c1ccc(N2CCN(S(=O)(=O)c3ccccc3S)CC2Cc2cccc(F)c2)cc1)C(F)(F)F. The zero-order valence-corrected chi connectivity index (χ0v) is 21.6. The highest BCUT2D eigenvalue weighted by Crippen LogP contribution is 2.39. The molecule has 198 valence electrons. The summed E-state index contributed by atoms with van der Waals surface area (Å²) in [5.41, 5.74) is -2.10. The molecule has 1 aliphatic heterocycles. The Morgan fingerprint density at radius 2 is 1.68 bits per heavy atom. The number of halogens is 4. The van der Waals surface area contributed by atoms with Gasteiger partial charge < -0.3 is 10.0 Å². The number of benzene rings is 3. The van der Waals surface area contributed by atoms with Crippen molar-refractivity contribution in [3.05, 3.63) is 89.7 Å². The lowest BCUT2D eigenvalue weighted by atomic mass is 9.94. The van der Waals surface area contributed by atoms with Gasteiger partial charge in [-0.3, -0.25) is 0 Å². The van der Waals surface area contributed by atoms with Gasteiger partial charge >= 0.3 is 6.18 Å². The number of piperazine rings is 1. The number of hydrogen-bond acceptors (Lipinski definition) is 5. The van der Waals surface area contributed by atoms with Crippen LogP contribution in [0.5, 0.6) is 0 Å². The Balaban J connectivity index is 1.66. The summed E-state index contributed by atoms with van der Waals surface area (Å²) >= 11 is 4.29. The third kappa shape index (κ3) is 5.64. The zero-order chi connectivity index (χ0) is 27.0. The summed E-state index contributed by atoms with van der Waals surface area (Å²) in [6, 6.07) is 17.3. The average molecular weight is 555 g/mol. The van der Waals surface area contributed by atoms with Gasteiger partial charge in [-0.25, -0.2) is 12.8 Å². The molecule has 3 aromatic rings. The van der Waals surface area contributed by atoms with Gasteiger partial charge in [-0.1, -0.05) is 36.4 Å². The number of nitrogens with zero attached hydrogens (tertiary/aromatic N) is 2. The molecule has 37 heavy (non-hydrogen) atoms. The van der Waals surface area contributed by atoms with Crippen LogP contribution in [0.1, 0.15) is 18.1 Å². The molecule has 2 atom stereocenters. The molecule has 0 saturated carbocycles. The molecular weight excluding hydrogens is 528 g/mol. The van der Waals surface area contributed by atoms with Crippen molar-refractivity contribution in [2.75, 3.05) is 24.5 Å². The Morgan fingerprint density at radius 1 is 1.00 bits per heavy atom. The minimum Gasteiger partial charge on any atom is -0.376 e. The Labute approximate surface area is 218 Å². The van der Waals surface area contributed by atoms with E-state index in [1.807, 2.05) is 4.90 Å². The number of hydrogen-bond donors (Lipinski definition) is 2. The van der Waals surface area contributed by atoms with Crippen molar-refractivity contribution in [3.8, 4) is 0 Å². The van der Waals surface area contributed by atoms with Gasteiger partial charge in [-0.05, 0) is 60.9 Å². The van der Waals surface area contributed by atoms with E-state index in [2.05, 4.69) is 12.6 Å². The molecule has 2 unspecified atom stereocenters. The minimum atomic E-state index is -4.85. The van der Waals surface area contributed by atoms with E-state index in [1.165, 1.54) is 46.8 Å². The summed E-state index contributed by atoms with van der Waals surface area (Å²) in [6.45, 7) is 1.15. The average Bonchev–Trinajstić information content (AvgIpc) is 2.83. The molecule has 1 heterocycles. The summed E-state index contributed by atoms with van der Waals surface area (Å²) in [6.07, 6.45) is -4.55. The van der Waals surface area contributed by atoms with Gasteiger partial charge in [0, 0.05) is 36.3 Å². The highest BCUT2D eigenvalue weighted by Gasteiger charge is 2.51. The third-order valence-electron chi connectivity index (χ3n) is 6.60. The van der Waals surface area contributed by atoms with Crippen LogP contribution in [0.2, 0.25) is 0 Å². The predicted octanol–water partition coefficient (Wildman–Crippen LogP) is 5.01. The first-order valence-corrected chi connectivity index (χ1v) is 13.4. The van der Waals surface area contributed by atoms with Crippen LogP contribution in [0.4, 0.5) is 23.2 Å².